The van der Waals surface area contributed by atoms with Gasteiger partial charge in [0, 0.05) is 19.6 Å². The average molecular weight is 280 g/mol. The highest BCUT2D eigenvalue weighted by Gasteiger charge is 2.19. The lowest BCUT2D eigenvalue weighted by atomic mass is 10.1. The zero-order chi connectivity index (χ0) is 14.4. The molecule has 1 aromatic rings. The third kappa shape index (κ3) is 4.10. The number of hydrogen-bond donors (Lipinski definition) is 2. The third-order valence-electron chi connectivity index (χ3n) is 3.68. The standard InChI is InChI=1S/C15H24N2O3/c1-19-15-3-2-12(10-14(15)16)11-17-6-4-13(5-7-17)20-9-8-18/h2-3,10,13,18H,4-9,11,16H2,1H3. The normalized spacial score (nSPS) is 17.3. The molecule has 112 valence electrons. The van der Waals surface area contributed by atoms with E-state index in [-0.39, 0.29) is 6.61 Å². The summed E-state index contributed by atoms with van der Waals surface area (Å²) in [5.74, 6) is 0.727. The molecule has 1 aromatic carbocycles. The van der Waals surface area contributed by atoms with Crippen LogP contribution in [-0.2, 0) is 11.3 Å². The van der Waals surface area contributed by atoms with Crippen LogP contribution in [0, 0.1) is 0 Å². The molecule has 1 saturated heterocycles. The van der Waals surface area contributed by atoms with Crippen molar-refractivity contribution < 1.29 is 14.6 Å². The van der Waals surface area contributed by atoms with Crippen LogP contribution in [0.4, 0.5) is 5.69 Å². The van der Waals surface area contributed by atoms with Gasteiger partial charge in [-0.1, -0.05) is 6.07 Å². The summed E-state index contributed by atoms with van der Waals surface area (Å²) >= 11 is 0. The van der Waals surface area contributed by atoms with Crippen molar-refractivity contribution in [1.29, 1.82) is 0 Å². The number of benzene rings is 1. The quantitative estimate of drug-likeness (QED) is 0.768. The fraction of sp³-hybridized carbons (Fsp3) is 0.600. The summed E-state index contributed by atoms with van der Waals surface area (Å²) in [6, 6.07) is 5.96. The molecule has 1 fully saturated rings. The zero-order valence-electron chi connectivity index (χ0n) is 12.0. The maximum absolute atomic E-state index is 8.75. The van der Waals surface area contributed by atoms with E-state index in [1.165, 1.54) is 5.56 Å². The Kier molecular flexibility index (Phi) is 5.64. The van der Waals surface area contributed by atoms with E-state index in [1.807, 2.05) is 12.1 Å². The summed E-state index contributed by atoms with van der Waals surface area (Å²) in [6.07, 6.45) is 2.33. The summed E-state index contributed by atoms with van der Waals surface area (Å²) in [5.41, 5.74) is 7.82. The highest BCUT2D eigenvalue weighted by atomic mass is 16.5. The van der Waals surface area contributed by atoms with Gasteiger partial charge >= 0.3 is 0 Å². The molecule has 1 aliphatic heterocycles. The van der Waals surface area contributed by atoms with Gasteiger partial charge in [-0.2, -0.15) is 0 Å². The maximum atomic E-state index is 8.75. The van der Waals surface area contributed by atoms with Gasteiger partial charge in [0.2, 0.25) is 0 Å². The Hall–Kier alpha value is -1.30. The molecule has 5 heteroatoms. The van der Waals surface area contributed by atoms with Crippen molar-refractivity contribution in [1.82, 2.24) is 4.90 Å². The van der Waals surface area contributed by atoms with Crippen molar-refractivity contribution in [3.05, 3.63) is 23.8 Å². The Balaban J connectivity index is 1.82. The van der Waals surface area contributed by atoms with Gasteiger partial charge in [-0.25, -0.2) is 0 Å². The topological polar surface area (TPSA) is 68.0 Å². The second-order valence-electron chi connectivity index (χ2n) is 5.15. The van der Waals surface area contributed by atoms with Crippen LogP contribution >= 0.6 is 0 Å². The van der Waals surface area contributed by atoms with E-state index in [4.69, 9.17) is 20.3 Å². The van der Waals surface area contributed by atoms with E-state index >= 15 is 0 Å². The molecule has 0 saturated carbocycles. The van der Waals surface area contributed by atoms with Gasteiger partial charge in [0.25, 0.3) is 0 Å². The first-order chi connectivity index (χ1) is 9.72. The molecular weight excluding hydrogens is 256 g/mol. The molecule has 0 unspecified atom stereocenters. The number of likely N-dealkylation sites (tertiary alicyclic amines) is 1. The van der Waals surface area contributed by atoms with Gasteiger partial charge in [-0.15, -0.1) is 0 Å². The number of aliphatic hydroxyl groups excluding tert-OH is 1. The molecule has 0 aromatic heterocycles. The second-order valence-corrected chi connectivity index (χ2v) is 5.15. The molecule has 0 radical (unpaired) electrons. The van der Waals surface area contributed by atoms with E-state index in [9.17, 15) is 0 Å². The zero-order valence-corrected chi connectivity index (χ0v) is 12.0. The van der Waals surface area contributed by atoms with Crippen molar-refractivity contribution in [3.63, 3.8) is 0 Å². The molecule has 1 aliphatic rings. The van der Waals surface area contributed by atoms with Crippen LogP contribution in [0.1, 0.15) is 18.4 Å². The lowest BCUT2D eigenvalue weighted by Crippen LogP contribution is -2.36. The lowest BCUT2D eigenvalue weighted by molar-refractivity contribution is -0.00901. The predicted molar refractivity (Wildman–Crippen MR) is 78.7 cm³/mol. The number of rotatable bonds is 6. The summed E-state index contributed by atoms with van der Waals surface area (Å²) in [4.78, 5) is 2.40. The molecule has 0 bridgehead atoms. The largest absolute Gasteiger partial charge is 0.495 e. The summed E-state index contributed by atoms with van der Waals surface area (Å²) < 4.78 is 10.7. The van der Waals surface area contributed by atoms with E-state index < -0.39 is 0 Å². The minimum absolute atomic E-state index is 0.103. The van der Waals surface area contributed by atoms with Gasteiger partial charge < -0.3 is 20.3 Å². The van der Waals surface area contributed by atoms with Crippen molar-refractivity contribution in [3.8, 4) is 5.75 Å². The Morgan fingerprint density at radius 3 is 2.70 bits per heavy atom. The number of ether oxygens (including phenoxy) is 2. The van der Waals surface area contributed by atoms with Crippen LogP contribution in [-0.4, -0.2) is 49.5 Å². The summed E-state index contributed by atoms with van der Waals surface area (Å²) in [5, 5.41) is 8.75. The van der Waals surface area contributed by atoms with Crippen molar-refractivity contribution in [2.24, 2.45) is 0 Å². The SMILES string of the molecule is COc1ccc(CN2CCC(OCCO)CC2)cc1N. The van der Waals surface area contributed by atoms with Crippen LogP contribution in [0.3, 0.4) is 0 Å². The van der Waals surface area contributed by atoms with Crippen LogP contribution in [0.25, 0.3) is 0 Å². The number of methoxy groups -OCH3 is 1. The molecular formula is C15H24N2O3. The van der Waals surface area contributed by atoms with Gasteiger partial charge in [-0.3, -0.25) is 4.90 Å². The first-order valence-corrected chi connectivity index (χ1v) is 7.10. The Morgan fingerprint density at radius 1 is 1.35 bits per heavy atom. The Morgan fingerprint density at radius 2 is 2.10 bits per heavy atom. The minimum atomic E-state index is 0.103. The van der Waals surface area contributed by atoms with Crippen LogP contribution in [0.15, 0.2) is 18.2 Å². The molecule has 5 nitrogen and oxygen atoms in total. The first-order valence-electron chi connectivity index (χ1n) is 7.10. The van der Waals surface area contributed by atoms with Crippen molar-refractivity contribution in [2.75, 3.05) is 39.1 Å². The van der Waals surface area contributed by atoms with E-state index in [1.54, 1.807) is 7.11 Å². The number of nitrogens with zero attached hydrogens (tertiary/aromatic N) is 1. The van der Waals surface area contributed by atoms with Gasteiger partial charge in [-0.05, 0) is 30.5 Å². The summed E-state index contributed by atoms with van der Waals surface area (Å²) in [6.45, 7) is 3.48. The van der Waals surface area contributed by atoms with Crippen molar-refractivity contribution >= 4 is 5.69 Å². The predicted octanol–water partition coefficient (Wildman–Crippen LogP) is 1.25. The Labute approximate surface area is 120 Å². The maximum Gasteiger partial charge on any atom is 0.141 e. The number of anilines is 1. The van der Waals surface area contributed by atoms with Gasteiger partial charge in [0.05, 0.1) is 32.1 Å². The second kappa shape index (κ2) is 7.47. The third-order valence-corrected chi connectivity index (χ3v) is 3.68. The number of piperidine rings is 1. The molecule has 0 atom stereocenters. The fourth-order valence-electron chi connectivity index (χ4n) is 2.59. The van der Waals surface area contributed by atoms with Crippen LogP contribution in [0.5, 0.6) is 5.75 Å². The highest BCUT2D eigenvalue weighted by Crippen LogP contribution is 2.23. The van der Waals surface area contributed by atoms with Gasteiger partial charge in [0.1, 0.15) is 5.75 Å². The number of hydrogen-bond acceptors (Lipinski definition) is 5. The molecule has 20 heavy (non-hydrogen) atoms. The molecule has 2 rings (SSSR count). The van der Waals surface area contributed by atoms with Crippen LogP contribution in [0.2, 0.25) is 0 Å². The minimum Gasteiger partial charge on any atom is -0.495 e. The first kappa shape index (κ1) is 15.1. The van der Waals surface area contributed by atoms with Crippen LogP contribution < -0.4 is 10.5 Å². The fourth-order valence-corrected chi connectivity index (χ4v) is 2.59. The average Bonchev–Trinajstić information content (AvgIpc) is 2.47. The molecule has 3 N–H and O–H groups in total. The Bertz CT molecular complexity index is 418. The summed E-state index contributed by atoms with van der Waals surface area (Å²) in [7, 11) is 1.63. The molecule has 1 heterocycles. The van der Waals surface area contributed by atoms with E-state index in [0.717, 1.165) is 38.2 Å². The van der Waals surface area contributed by atoms with E-state index in [2.05, 4.69) is 11.0 Å². The van der Waals surface area contributed by atoms with Crippen molar-refractivity contribution in [2.45, 2.75) is 25.5 Å². The number of aliphatic hydroxyl groups is 1. The highest BCUT2D eigenvalue weighted by molar-refractivity contribution is 5.54. The number of nitrogen functional groups attached to an aromatic ring is 1. The number of nitrogens with two attached hydrogens (primary N) is 1. The lowest BCUT2D eigenvalue weighted by Gasteiger charge is -2.31. The smallest absolute Gasteiger partial charge is 0.141 e. The molecule has 0 spiro atoms. The molecule has 0 amide bonds. The molecule has 0 aliphatic carbocycles. The van der Waals surface area contributed by atoms with E-state index in [0.29, 0.717) is 18.4 Å². The van der Waals surface area contributed by atoms with Gasteiger partial charge in [0.15, 0.2) is 0 Å². The monoisotopic (exact) mass is 280 g/mol.